The lowest BCUT2D eigenvalue weighted by Gasteiger charge is -2.09. The summed E-state index contributed by atoms with van der Waals surface area (Å²) in [6.45, 7) is 0.191. The molecule has 2 N–H and O–H groups in total. The van der Waals surface area contributed by atoms with Crippen molar-refractivity contribution in [2.24, 2.45) is 0 Å². The van der Waals surface area contributed by atoms with Crippen LogP contribution in [0.2, 0.25) is 0 Å². The molecule has 0 aliphatic heterocycles. The summed E-state index contributed by atoms with van der Waals surface area (Å²) in [6.07, 6.45) is 0. The Labute approximate surface area is 108 Å². The zero-order valence-corrected chi connectivity index (χ0v) is 10.2. The molecule has 1 heterocycles. The second kappa shape index (κ2) is 5.60. The van der Waals surface area contributed by atoms with Gasteiger partial charge in [0.15, 0.2) is 23.3 Å². The minimum absolute atomic E-state index is 0.0526. The van der Waals surface area contributed by atoms with Crippen LogP contribution < -0.4 is 10.6 Å². The van der Waals surface area contributed by atoms with Crippen LogP contribution in [0.4, 0.5) is 24.8 Å². The average Bonchev–Trinajstić information content (AvgIpc) is 2.38. The minimum Gasteiger partial charge on any atom is -0.371 e. The first-order valence-corrected chi connectivity index (χ1v) is 5.62. The van der Waals surface area contributed by atoms with Gasteiger partial charge in [0.2, 0.25) is 0 Å². The van der Waals surface area contributed by atoms with Gasteiger partial charge in [-0.2, -0.15) is 0 Å². The fourth-order valence-corrected chi connectivity index (χ4v) is 1.60. The number of pyridine rings is 1. The average molecular weight is 267 g/mol. The van der Waals surface area contributed by atoms with Gasteiger partial charge >= 0.3 is 0 Å². The fraction of sp³-hybridized carbons (Fsp3) is 0.154. The second-order valence-electron chi connectivity index (χ2n) is 3.88. The number of hydrogen-bond donors (Lipinski definition) is 2. The molecule has 19 heavy (non-hydrogen) atoms. The first kappa shape index (κ1) is 13.2. The Morgan fingerprint density at radius 2 is 1.79 bits per heavy atom. The molecule has 1 aromatic carbocycles. The van der Waals surface area contributed by atoms with Crippen molar-refractivity contribution in [3.05, 3.63) is 53.3 Å². The van der Waals surface area contributed by atoms with Crippen LogP contribution in [-0.4, -0.2) is 12.0 Å². The van der Waals surface area contributed by atoms with Crippen molar-refractivity contribution in [3.63, 3.8) is 0 Å². The number of benzene rings is 1. The minimum atomic E-state index is -0.798. The van der Waals surface area contributed by atoms with E-state index >= 15 is 0 Å². The Bertz CT molecular complexity index is 587. The summed E-state index contributed by atoms with van der Waals surface area (Å²) in [5, 5.41) is 5.22. The van der Waals surface area contributed by atoms with E-state index in [9.17, 15) is 13.2 Å². The number of anilines is 2. The van der Waals surface area contributed by atoms with Crippen molar-refractivity contribution >= 4 is 11.6 Å². The molecular weight excluding hydrogens is 255 g/mol. The van der Waals surface area contributed by atoms with Gasteiger partial charge in [0.25, 0.3) is 0 Å². The third kappa shape index (κ3) is 3.15. The summed E-state index contributed by atoms with van der Waals surface area (Å²) in [6, 6.07) is 6.63. The van der Waals surface area contributed by atoms with Gasteiger partial charge in [0, 0.05) is 19.7 Å². The highest BCUT2D eigenvalue weighted by atomic mass is 19.1. The van der Waals surface area contributed by atoms with Gasteiger partial charge in [-0.15, -0.1) is 0 Å². The lowest BCUT2D eigenvalue weighted by Crippen LogP contribution is -2.07. The maximum absolute atomic E-state index is 13.5. The molecule has 0 saturated heterocycles. The van der Waals surface area contributed by atoms with E-state index in [-0.39, 0.29) is 24.0 Å². The molecule has 0 aliphatic rings. The molecule has 0 spiro atoms. The van der Waals surface area contributed by atoms with Crippen LogP contribution in [0.3, 0.4) is 0 Å². The zero-order valence-electron chi connectivity index (χ0n) is 10.2. The molecule has 0 radical (unpaired) electrons. The number of halogens is 3. The summed E-state index contributed by atoms with van der Waals surface area (Å²) in [5.74, 6) is -2.08. The van der Waals surface area contributed by atoms with Crippen LogP contribution in [0.5, 0.6) is 0 Å². The van der Waals surface area contributed by atoms with Gasteiger partial charge in [-0.1, -0.05) is 12.1 Å². The van der Waals surface area contributed by atoms with Gasteiger partial charge < -0.3 is 10.6 Å². The highest BCUT2D eigenvalue weighted by Crippen LogP contribution is 2.19. The largest absolute Gasteiger partial charge is 0.371 e. The van der Waals surface area contributed by atoms with Crippen LogP contribution in [-0.2, 0) is 6.54 Å². The molecule has 0 atom stereocenters. The lowest BCUT2D eigenvalue weighted by atomic mass is 10.2. The van der Waals surface area contributed by atoms with E-state index in [1.807, 2.05) is 0 Å². The molecule has 0 amide bonds. The van der Waals surface area contributed by atoms with E-state index in [0.29, 0.717) is 5.56 Å². The molecule has 2 aromatic rings. The van der Waals surface area contributed by atoms with Gasteiger partial charge in [0.1, 0.15) is 5.82 Å². The quantitative estimate of drug-likeness (QED) is 0.893. The first-order valence-electron chi connectivity index (χ1n) is 5.62. The topological polar surface area (TPSA) is 37.0 Å². The smallest absolute Gasteiger partial charge is 0.168 e. The third-order valence-electron chi connectivity index (χ3n) is 2.52. The van der Waals surface area contributed by atoms with Crippen LogP contribution in [0.25, 0.3) is 0 Å². The zero-order chi connectivity index (χ0) is 13.8. The molecule has 6 heteroatoms. The predicted molar refractivity (Wildman–Crippen MR) is 67.4 cm³/mol. The summed E-state index contributed by atoms with van der Waals surface area (Å²) in [7, 11) is 1.49. The van der Waals surface area contributed by atoms with E-state index in [4.69, 9.17) is 0 Å². The van der Waals surface area contributed by atoms with Crippen molar-refractivity contribution in [2.45, 2.75) is 6.54 Å². The van der Waals surface area contributed by atoms with E-state index in [0.717, 1.165) is 6.07 Å². The van der Waals surface area contributed by atoms with Crippen molar-refractivity contribution in [3.8, 4) is 0 Å². The fourth-order valence-electron chi connectivity index (χ4n) is 1.60. The highest BCUT2D eigenvalue weighted by molar-refractivity contribution is 5.47. The maximum atomic E-state index is 13.5. The maximum Gasteiger partial charge on any atom is 0.168 e. The highest BCUT2D eigenvalue weighted by Gasteiger charge is 2.10. The Hall–Kier alpha value is -2.24. The van der Waals surface area contributed by atoms with Crippen LogP contribution >= 0.6 is 0 Å². The Kier molecular flexibility index (Phi) is 3.89. The normalized spacial score (nSPS) is 10.3. The second-order valence-corrected chi connectivity index (χ2v) is 3.88. The molecule has 3 nitrogen and oxygen atoms in total. The van der Waals surface area contributed by atoms with E-state index in [1.54, 1.807) is 12.1 Å². The van der Waals surface area contributed by atoms with Gasteiger partial charge in [0.05, 0.1) is 0 Å². The number of aromatic nitrogens is 1. The van der Waals surface area contributed by atoms with Gasteiger partial charge in [-0.3, -0.25) is 0 Å². The van der Waals surface area contributed by atoms with Crippen molar-refractivity contribution in [1.29, 1.82) is 0 Å². The number of nitrogens with zero attached hydrogens (tertiary/aromatic N) is 1. The SMILES string of the molecule is CNc1nc(NCc2cccc(F)c2)c(F)cc1F. The van der Waals surface area contributed by atoms with Crippen LogP contribution in [0.15, 0.2) is 30.3 Å². The van der Waals surface area contributed by atoms with E-state index in [1.165, 1.54) is 19.2 Å². The molecule has 0 unspecified atom stereocenters. The third-order valence-corrected chi connectivity index (χ3v) is 2.52. The van der Waals surface area contributed by atoms with Crippen molar-refractivity contribution in [2.75, 3.05) is 17.7 Å². The molecular formula is C13H12F3N3. The van der Waals surface area contributed by atoms with Crippen LogP contribution in [0.1, 0.15) is 5.56 Å². The molecule has 0 saturated carbocycles. The van der Waals surface area contributed by atoms with E-state index in [2.05, 4.69) is 15.6 Å². The first-order chi connectivity index (χ1) is 9.10. The van der Waals surface area contributed by atoms with Gasteiger partial charge in [-0.25, -0.2) is 18.2 Å². The van der Waals surface area contributed by atoms with Crippen molar-refractivity contribution < 1.29 is 13.2 Å². The van der Waals surface area contributed by atoms with Gasteiger partial charge in [-0.05, 0) is 17.7 Å². The number of rotatable bonds is 4. The molecule has 0 bridgehead atoms. The summed E-state index contributed by atoms with van der Waals surface area (Å²) in [4.78, 5) is 3.76. The molecule has 2 rings (SSSR count). The van der Waals surface area contributed by atoms with Crippen molar-refractivity contribution in [1.82, 2.24) is 4.98 Å². The number of hydrogen-bond acceptors (Lipinski definition) is 3. The summed E-state index contributed by atoms with van der Waals surface area (Å²) >= 11 is 0. The summed E-state index contributed by atoms with van der Waals surface area (Å²) < 4.78 is 39.7. The number of nitrogens with one attached hydrogen (secondary N) is 2. The van der Waals surface area contributed by atoms with Crippen LogP contribution in [0, 0.1) is 17.5 Å². The Balaban J connectivity index is 2.15. The Morgan fingerprint density at radius 1 is 1.05 bits per heavy atom. The van der Waals surface area contributed by atoms with E-state index < -0.39 is 11.6 Å². The monoisotopic (exact) mass is 267 g/mol. The molecule has 1 aromatic heterocycles. The Morgan fingerprint density at radius 3 is 2.47 bits per heavy atom. The lowest BCUT2D eigenvalue weighted by molar-refractivity contribution is 0.578. The molecule has 0 fully saturated rings. The molecule has 100 valence electrons. The summed E-state index contributed by atoms with van der Waals surface area (Å²) in [5.41, 5.74) is 0.636. The standard InChI is InChI=1S/C13H12F3N3/c1-17-12-10(15)6-11(16)13(19-12)18-7-8-3-2-4-9(14)5-8/h2-6H,7H2,1H3,(H2,17,18,19). The molecule has 0 aliphatic carbocycles. The predicted octanol–water partition coefficient (Wildman–Crippen LogP) is 3.15.